The minimum atomic E-state index is -0.766. The highest BCUT2D eigenvalue weighted by Gasteiger charge is 2.15. The van der Waals surface area contributed by atoms with Crippen molar-refractivity contribution < 1.29 is 18.8 Å². The van der Waals surface area contributed by atoms with E-state index in [1.807, 2.05) is 0 Å². The van der Waals surface area contributed by atoms with Crippen molar-refractivity contribution in [2.75, 3.05) is 11.9 Å². The Balaban J connectivity index is 1.87. The van der Waals surface area contributed by atoms with Crippen molar-refractivity contribution in [3.8, 4) is 0 Å². The molecule has 8 heteroatoms. The van der Waals surface area contributed by atoms with Crippen LogP contribution >= 0.6 is 11.6 Å². The number of aryl methyl sites for hydroxylation is 1. The maximum atomic E-state index is 11.6. The van der Waals surface area contributed by atoms with Gasteiger partial charge >= 0.3 is 5.97 Å². The molecule has 0 aliphatic heterocycles. The van der Waals surface area contributed by atoms with Crippen LogP contribution in [0.4, 0.5) is 5.69 Å². The number of ether oxygens (including phenoxy) is 1. The first-order chi connectivity index (χ1) is 9.56. The number of esters is 1. The molecule has 0 atom stereocenters. The third kappa shape index (κ3) is 3.55. The lowest BCUT2D eigenvalue weighted by atomic mass is 10.4. The van der Waals surface area contributed by atoms with Crippen LogP contribution in [0.25, 0.3) is 0 Å². The molecule has 20 heavy (non-hydrogen) atoms. The second-order valence-corrected chi connectivity index (χ2v) is 4.16. The van der Waals surface area contributed by atoms with Crippen LogP contribution < -0.4 is 5.32 Å². The minimum absolute atomic E-state index is 0.0605. The van der Waals surface area contributed by atoms with Crippen LogP contribution in [0.3, 0.4) is 0 Å². The topological polar surface area (TPSA) is 94.3 Å². The highest BCUT2D eigenvalue weighted by molar-refractivity contribution is 6.32. The highest BCUT2D eigenvalue weighted by Crippen LogP contribution is 2.17. The van der Waals surface area contributed by atoms with E-state index in [0.29, 0.717) is 11.4 Å². The second kappa shape index (κ2) is 6.16. The molecule has 0 saturated heterocycles. The smallest absolute Gasteiger partial charge is 0.377 e. The molecule has 1 N–H and O–H groups in total. The number of hydrogen-bond donors (Lipinski definition) is 1. The molecule has 0 spiro atoms. The molecule has 0 radical (unpaired) electrons. The van der Waals surface area contributed by atoms with Crippen LogP contribution in [0.1, 0.15) is 16.2 Å². The largest absolute Gasteiger partial charge is 0.450 e. The van der Waals surface area contributed by atoms with E-state index >= 15 is 0 Å². The monoisotopic (exact) mass is 295 g/mol. The van der Waals surface area contributed by atoms with Crippen LogP contribution in [0, 0.1) is 6.92 Å². The molecule has 0 aliphatic rings. The van der Waals surface area contributed by atoms with E-state index in [1.54, 1.807) is 19.1 Å². The van der Waals surface area contributed by atoms with Gasteiger partial charge in [-0.25, -0.2) is 9.78 Å². The number of anilines is 1. The molecule has 1 amide bonds. The molecule has 0 aliphatic carbocycles. The van der Waals surface area contributed by atoms with Gasteiger partial charge in [0, 0.05) is 12.3 Å². The molecule has 2 aromatic heterocycles. The Bertz CT molecular complexity index is 641. The lowest BCUT2D eigenvalue weighted by Crippen LogP contribution is -2.21. The average molecular weight is 296 g/mol. The van der Waals surface area contributed by atoms with Gasteiger partial charge < -0.3 is 14.6 Å². The normalized spacial score (nSPS) is 10.1. The van der Waals surface area contributed by atoms with Crippen LogP contribution in [0.15, 0.2) is 28.9 Å². The number of carbonyl (C=O) groups is 2. The van der Waals surface area contributed by atoms with Gasteiger partial charge in [0.2, 0.25) is 5.76 Å². The lowest BCUT2D eigenvalue weighted by molar-refractivity contribution is -0.119. The van der Waals surface area contributed by atoms with E-state index < -0.39 is 18.5 Å². The summed E-state index contributed by atoms with van der Waals surface area (Å²) >= 11 is 5.77. The second-order valence-electron chi connectivity index (χ2n) is 3.80. The molecule has 2 rings (SSSR count). The molecule has 2 aromatic rings. The van der Waals surface area contributed by atoms with Crippen molar-refractivity contribution in [2.45, 2.75) is 6.92 Å². The molecule has 0 unspecified atom stereocenters. The standard InChI is InChI=1S/C12H10ClN3O4/c1-7-5-9(20-16-7)12(18)19-6-10(17)15-8-3-2-4-14-11(8)13/h2-5H,6H2,1H3,(H,15,17). The summed E-state index contributed by atoms with van der Waals surface area (Å²) in [4.78, 5) is 26.9. The first kappa shape index (κ1) is 14.0. The van der Waals surface area contributed by atoms with Crippen molar-refractivity contribution in [2.24, 2.45) is 0 Å². The van der Waals surface area contributed by atoms with E-state index in [2.05, 4.69) is 15.5 Å². The zero-order valence-corrected chi connectivity index (χ0v) is 11.2. The van der Waals surface area contributed by atoms with Gasteiger partial charge in [-0.1, -0.05) is 16.8 Å². The Morgan fingerprint density at radius 1 is 1.50 bits per heavy atom. The van der Waals surface area contributed by atoms with E-state index in [4.69, 9.17) is 20.9 Å². The Kier molecular flexibility index (Phi) is 4.31. The van der Waals surface area contributed by atoms with E-state index in [0.717, 1.165) is 0 Å². The van der Waals surface area contributed by atoms with Gasteiger partial charge in [0.15, 0.2) is 11.8 Å². The van der Waals surface area contributed by atoms with Gasteiger partial charge in [0.1, 0.15) is 0 Å². The number of nitrogens with zero attached hydrogens (tertiary/aromatic N) is 2. The number of pyridine rings is 1. The fourth-order valence-corrected chi connectivity index (χ4v) is 1.49. The van der Waals surface area contributed by atoms with E-state index in [1.165, 1.54) is 12.3 Å². The first-order valence-corrected chi connectivity index (χ1v) is 5.95. The van der Waals surface area contributed by atoms with Gasteiger partial charge in [0.05, 0.1) is 11.4 Å². The predicted molar refractivity (Wildman–Crippen MR) is 69.4 cm³/mol. The maximum absolute atomic E-state index is 11.6. The van der Waals surface area contributed by atoms with E-state index in [9.17, 15) is 9.59 Å². The van der Waals surface area contributed by atoms with Gasteiger partial charge in [0.25, 0.3) is 5.91 Å². The van der Waals surface area contributed by atoms with Gasteiger partial charge in [-0.3, -0.25) is 4.79 Å². The lowest BCUT2D eigenvalue weighted by Gasteiger charge is -2.06. The number of aromatic nitrogens is 2. The van der Waals surface area contributed by atoms with Crippen LogP contribution in [-0.4, -0.2) is 28.6 Å². The first-order valence-electron chi connectivity index (χ1n) is 5.57. The summed E-state index contributed by atoms with van der Waals surface area (Å²) in [6.07, 6.45) is 1.49. The number of nitrogens with one attached hydrogen (secondary N) is 1. The van der Waals surface area contributed by atoms with Crippen molar-refractivity contribution >= 4 is 29.2 Å². The minimum Gasteiger partial charge on any atom is -0.450 e. The predicted octanol–water partition coefficient (Wildman–Crippen LogP) is 1.83. The summed E-state index contributed by atoms with van der Waals surface area (Å²) in [5, 5.41) is 6.16. The summed E-state index contributed by atoms with van der Waals surface area (Å²) in [6.45, 7) is 1.20. The summed E-state index contributed by atoms with van der Waals surface area (Å²) in [6, 6.07) is 4.61. The third-order valence-corrected chi connectivity index (χ3v) is 2.50. The zero-order valence-electron chi connectivity index (χ0n) is 10.4. The molecular weight excluding hydrogens is 286 g/mol. The van der Waals surface area contributed by atoms with Crippen molar-refractivity contribution in [1.29, 1.82) is 0 Å². The Morgan fingerprint density at radius 3 is 2.95 bits per heavy atom. The summed E-state index contributed by atoms with van der Waals surface area (Å²) in [7, 11) is 0. The van der Waals surface area contributed by atoms with Crippen LogP contribution in [0.2, 0.25) is 5.15 Å². The Labute approximate surface area is 118 Å². The fraction of sp³-hybridized carbons (Fsp3) is 0.167. The Morgan fingerprint density at radius 2 is 2.30 bits per heavy atom. The zero-order chi connectivity index (χ0) is 14.5. The molecule has 0 bridgehead atoms. The molecule has 2 heterocycles. The quantitative estimate of drug-likeness (QED) is 0.683. The molecule has 104 valence electrons. The van der Waals surface area contributed by atoms with Crippen LogP contribution in [-0.2, 0) is 9.53 Å². The highest BCUT2D eigenvalue weighted by atomic mass is 35.5. The fourth-order valence-electron chi connectivity index (χ4n) is 1.33. The van der Waals surface area contributed by atoms with Crippen molar-refractivity contribution in [3.05, 3.63) is 41.0 Å². The average Bonchev–Trinajstić information content (AvgIpc) is 2.85. The number of carbonyl (C=O) groups excluding carboxylic acids is 2. The van der Waals surface area contributed by atoms with Gasteiger partial charge in [-0.15, -0.1) is 0 Å². The molecule has 7 nitrogen and oxygen atoms in total. The summed E-state index contributed by atoms with van der Waals surface area (Å²) < 4.78 is 9.48. The van der Waals surface area contributed by atoms with Crippen LogP contribution in [0.5, 0.6) is 0 Å². The molecule has 0 aromatic carbocycles. The summed E-state index contributed by atoms with van der Waals surface area (Å²) in [5.41, 5.74) is 0.884. The number of hydrogen-bond acceptors (Lipinski definition) is 6. The maximum Gasteiger partial charge on any atom is 0.377 e. The molecular formula is C12H10ClN3O4. The van der Waals surface area contributed by atoms with Gasteiger partial charge in [-0.2, -0.15) is 0 Å². The molecule has 0 fully saturated rings. The number of rotatable bonds is 4. The Hall–Kier alpha value is -2.41. The summed E-state index contributed by atoms with van der Waals surface area (Å²) in [5.74, 6) is -1.36. The van der Waals surface area contributed by atoms with Crippen molar-refractivity contribution in [1.82, 2.24) is 10.1 Å². The molecule has 0 saturated carbocycles. The van der Waals surface area contributed by atoms with E-state index in [-0.39, 0.29) is 10.9 Å². The van der Waals surface area contributed by atoms with Gasteiger partial charge in [-0.05, 0) is 19.1 Å². The SMILES string of the molecule is Cc1cc(C(=O)OCC(=O)Nc2cccnc2Cl)on1. The van der Waals surface area contributed by atoms with Crippen molar-refractivity contribution in [3.63, 3.8) is 0 Å². The number of amides is 1. The third-order valence-electron chi connectivity index (χ3n) is 2.20. The number of halogens is 1.